The molecule has 0 aliphatic carbocycles. The van der Waals surface area contributed by atoms with Crippen molar-refractivity contribution in [3.63, 3.8) is 0 Å². The number of rotatable bonds is 8. The molecule has 0 bridgehead atoms. The van der Waals surface area contributed by atoms with Crippen LogP contribution in [0, 0.1) is 11.6 Å². The first-order chi connectivity index (χ1) is 17.2. The van der Waals surface area contributed by atoms with Crippen molar-refractivity contribution in [2.24, 2.45) is 0 Å². The molecule has 2 aliphatic rings. The number of hydrogen-bond donors (Lipinski definition) is 0. The smallest absolute Gasteiger partial charge is 0.166 e. The molecule has 4 rings (SSSR count). The van der Waals surface area contributed by atoms with Crippen molar-refractivity contribution in [1.29, 1.82) is 0 Å². The Hall–Kier alpha value is -1.75. The molecular weight excluding hydrogens is 509 g/mol. The molecule has 11 heteroatoms. The highest BCUT2D eigenvalue weighted by Gasteiger charge is 2.32. The highest BCUT2D eigenvalue weighted by Crippen LogP contribution is 2.20. The molecule has 2 atom stereocenters. The third kappa shape index (κ3) is 6.38. The maximum absolute atomic E-state index is 14.2. The Morgan fingerprint density at radius 3 is 1.50 bits per heavy atom. The Morgan fingerprint density at radius 1 is 0.778 bits per heavy atom. The zero-order valence-electron chi connectivity index (χ0n) is 20.6. The SMILES string of the molecule is CC(C(=O)C(C)N1CCN(Cc2ccnc(Cl)c2F)CC1)N1CCN(Cc2ccnc(Cl)c2F)CC1. The number of carbonyl (C=O) groups is 1. The van der Waals surface area contributed by atoms with Crippen LogP contribution in [0.15, 0.2) is 24.5 Å². The minimum absolute atomic E-state index is 0.103. The molecule has 2 fully saturated rings. The molecule has 7 nitrogen and oxygen atoms in total. The van der Waals surface area contributed by atoms with Crippen molar-refractivity contribution in [1.82, 2.24) is 29.6 Å². The lowest BCUT2D eigenvalue weighted by Crippen LogP contribution is -2.57. The predicted octanol–water partition coefficient (Wildman–Crippen LogP) is 3.34. The summed E-state index contributed by atoms with van der Waals surface area (Å²) in [4.78, 5) is 29.6. The summed E-state index contributed by atoms with van der Waals surface area (Å²) in [5.41, 5.74) is 1.07. The Kier molecular flexibility index (Phi) is 9.24. The van der Waals surface area contributed by atoms with Gasteiger partial charge in [0.25, 0.3) is 0 Å². The van der Waals surface area contributed by atoms with E-state index in [-0.39, 0.29) is 28.2 Å². The summed E-state index contributed by atoms with van der Waals surface area (Å²) >= 11 is 11.6. The second-order valence-electron chi connectivity index (χ2n) is 9.53. The number of ketones is 1. The van der Waals surface area contributed by atoms with Crippen molar-refractivity contribution < 1.29 is 13.6 Å². The average molecular weight is 541 g/mol. The molecule has 0 radical (unpaired) electrons. The van der Waals surface area contributed by atoms with Crippen molar-refractivity contribution in [2.45, 2.75) is 39.0 Å². The van der Waals surface area contributed by atoms with Gasteiger partial charge in [-0.3, -0.25) is 24.4 Å². The second kappa shape index (κ2) is 12.2. The number of aromatic nitrogens is 2. The molecule has 0 aromatic carbocycles. The Balaban J connectivity index is 1.23. The molecule has 2 unspecified atom stereocenters. The average Bonchev–Trinajstić information content (AvgIpc) is 2.89. The second-order valence-corrected chi connectivity index (χ2v) is 10.2. The fraction of sp³-hybridized carbons (Fsp3) is 0.560. The number of pyridine rings is 2. The Bertz CT molecular complexity index is 979. The summed E-state index contributed by atoms with van der Waals surface area (Å²) in [5, 5.41) is -0.205. The molecular formula is C25H32Cl2F2N6O. The normalized spacial score (nSPS) is 20.4. The molecule has 2 aromatic rings. The minimum atomic E-state index is -0.464. The number of piperazine rings is 2. The van der Waals surface area contributed by atoms with Gasteiger partial charge in [0.15, 0.2) is 27.7 Å². The first kappa shape index (κ1) is 27.3. The van der Waals surface area contributed by atoms with Crippen LogP contribution in [0.4, 0.5) is 8.78 Å². The van der Waals surface area contributed by atoms with E-state index >= 15 is 0 Å². The largest absolute Gasteiger partial charge is 0.296 e. The quantitative estimate of drug-likeness (QED) is 0.476. The van der Waals surface area contributed by atoms with Gasteiger partial charge in [-0.1, -0.05) is 23.2 Å². The van der Waals surface area contributed by atoms with Crippen molar-refractivity contribution in [2.75, 3.05) is 52.4 Å². The summed E-state index contributed by atoms with van der Waals surface area (Å²) in [6.07, 6.45) is 3.04. The van der Waals surface area contributed by atoms with E-state index in [9.17, 15) is 13.6 Å². The molecule has 0 saturated carbocycles. The summed E-state index contributed by atoms with van der Waals surface area (Å²) in [6.45, 7) is 10.9. The zero-order chi connectivity index (χ0) is 25.8. The third-order valence-corrected chi connectivity index (χ3v) is 7.90. The topological polar surface area (TPSA) is 55.8 Å². The van der Waals surface area contributed by atoms with Crippen LogP contribution in [-0.2, 0) is 17.9 Å². The van der Waals surface area contributed by atoms with E-state index in [4.69, 9.17) is 23.2 Å². The molecule has 4 heterocycles. The monoisotopic (exact) mass is 540 g/mol. The van der Waals surface area contributed by atoms with Gasteiger partial charge >= 0.3 is 0 Å². The van der Waals surface area contributed by atoms with Crippen LogP contribution in [0.1, 0.15) is 25.0 Å². The molecule has 2 saturated heterocycles. The summed E-state index contributed by atoms with van der Waals surface area (Å²) in [5.74, 6) is -0.724. The van der Waals surface area contributed by atoms with E-state index in [2.05, 4.69) is 29.6 Å². The molecule has 196 valence electrons. The van der Waals surface area contributed by atoms with Crippen LogP contribution in [0.3, 0.4) is 0 Å². The molecule has 2 aliphatic heterocycles. The van der Waals surface area contributed by atoms with Gasteiger partial charge in [-0.25, -0.2) is 18.7 Å². The van der Waals surface area contributed by atoms with E-state index in [1.54, 1.807) is 12.1 Å². The number of carbonyl (C=O) groups excluding carboxylic acids is 1. The van der Waals surface area contributed by atoms with E-state index in [1.807, 2.05) is 13.8 Å². The van der Waals surface area contributed by atoms with Crippen LogP contribution in [0.5, 0.6) is 0 Å². The Morgan fingerprint density at radius 2 is 1.14 bits per heavy atom. The lowest BCUT2D eigenvalue weighted by Gasteiger charge is -2.41. The molecule has 36 heavy (non-hydrogen) atoms. The van der Waals surface area contributed by atoms with Gasteiger partial charge in [-0.2, -0.15) is 0 Å². The summed E-state index contributed by atoms with van der Waals surface area (Å²) in [7, 11) is 0. The number of hydrogen-bond acceptors (Lipinski definition) is 7. The van der Waals surface area contributed by atoms with Gasteiger partial charge < -0.3 is 0 Å². The van der Waals surface area contributed by atoms with Crippen LogP contribution < -0.4 is 0 Å². The third-order valence-electron chi connectivity index (χ3n) is 7.37. The van der Waals surface area contributed by atoms with Gasteiger partial charge in [-0.15, -0.1) is 0 Å². The van der Waals surface area contributed by atoms with Crippen molar-refractivity contribution >= 4 is 29.0 Å². The summed E-state index contributed by atoms with van der Waals surface area (Å²) < 4.78 is 28.4. The van der Waals surface area contributed by atoms with Gasteiger partial charge in [0.05, 0.1) is 12.1 Å². The van der Waals surface area contributed by atoms with Crippen LogP contribution in [0.2, 0.25) is 10.3 Å². The number of halogens is 4. The minimum Gasteiger partial charge on any atom is -0.296 e. The first-order valence-corrected chi connectivity index (χ1v) is 13.0. The lowest BCUT2D eigenvalue weighted by molar-refractivity contribution is -0.130. The zero-order valence-corrected chi connectivity index (χ0v) is 22.2. The molecule has 2 aromatic heterocycles. The molecule has 0 N–H and O–H groups in total. The fourth-order valence-electron chi connectivity index (χ4n) is 4.96. The lowest BCUT2D eigenvalue weighted by atomic mass is 10.0. The standard InChI is InChI=1S/C25H32Cl2F2N6O/c1-17(34-11-7-32(8-12-34)15-19-3-5-30-24(26)21(19)28)23(36)18(2)35-13-9-33(10-14-35)16-20-4-6-31-25(27)22(20)29/h3-6,17-18H,7-16H2,1-2H3. The first-order valence-electron chi connectivity index (χ1n) is 12.3. The van der Waals surface area contributed by atoms with E-state index < -0.39 is 11.6 Å². The number of Topliss-reactive ketones (excluding diaryl/α,β-unsaturated/α-hetero) is 1. The van der Waals surface area contributed by atoms with Gasteiger partial charge in [0, 0.05) is 89.0 Å². The highest BCUT2D eigenvalue weighted by molar-refractivity contribution is 6.29. The number of nitrogens with zero attached hydrogens (tertiary/aromatic N) is 6. The van der Waals surface area contributed by atoms with Crippen LogP contribution in [-0.4, -0.2) is 99.8 Å². The Labute approximate surface area is 221 Å². The van der Waals surface area contributed by atoms with Crippen LogP contribution in [0.25, 0.3) is 0 Å². The van der Waals surface area contributed by atoms with Gasteiger partial charge in [0.2, 0.25) is 0 Å². The van der Waals surface area contributed by atoms with Crippen LogP contribution >= 0.6 is 23.2 Å². The van der Waals surface area contributed by atoms with Crippen molar-refractivity contribution in [3.8, 4) is 0 Å². The van der Waals surface area contributed by atoms with Gasteiger partial charge in [0.1, 0.15) is 0 Å². The maximum Gasteiger partial charge on any atom is 0.166 e. The predicted molar refractivity (Wildman–Crippen MR) is 136 cm³/mol. The maximum atomic E-state index is 14.2. The molecule has 0 amide bonds. The molecule has 0 spiro atoms. The van der Waals surface area contributed by atoms with E-state index in [0.717, 1.165) is 52.4 Å². The fourth-order valence-corrected chi connectivity index (χ4v) is 5.32. The van der Waals surface area contributed by atoms with E-state index in [0.29, 0.717) is 24.2 Å². The van der Waals surface area contributed by atoms with Crippen molar-refractivity contribution in [3.05, 3.63) is 57.6 Å². The highest BCUT2D eigenvalue weighted by atomic mass is 35.5. The van der Waals surface area contributed by atoms with Gasteiger partial charge in [-0.05, 0) is 26.0 Å². The summed E-state index contributed by atoms with van der Waals surface area (Å²) in [6, 6.07) is 2.92. The van der Waals surface area contributed by atoms with E-state index in [1.165, 1.54) is 12.4 Å².